The fraction of sp³-hybridized carbons (Fsp3) is 0.273. The number of benzene rings is 2. The summed E-state index contributed by atoms with van der Waals surface area (Å²) in [5.74, 6) is 0.462. The van der Waals surface area contributed by atoms with Crippen LogP contribution in [-0.4, -0.2) is 54.1 Å². The molecule has 8 heteroatoms. The summed E-state index contributed by atoms with van der Waals surface area (Å²) < 4.78 is 18.3. The third-order valence-electron chi connectivity index (χ3n) is 5.03. The first-order valence-electron chi connectivity index (χ1n) is 9.73. The van der Waals surface area contributed by atoms with Gasteiger partial charge in [-0.3, -0.25) is 4.90 Å². The Morgan fingerprint density at radius 2 is 1.93 bits per heavy atom. The summed E-state index contributed by atoms with van der Waals surface area (Å²) in [6.45, 7) is 3.64. The number of carbonyl (C=O) groups excluding carboxylic acids is 1. The zero-order valence-electron chi connectivity index (χ0n) is 16.7. The van der Waals surface area contributed by atoms with E-state index in [1.165, 1.54) is 12.1 Å². The molecule has 0 bridgehead atoms. The van der Waals surface area contributed by atoms with Gasteiger partial charge in [0.2, 0.25) is 0 Å². The molecule has 30 heavy (non-hydrogen) atoms. The van der Waals surface area contributed by atoms with Crippen LogP contribution < -0.4 is 10.1 Å². The topological polar surface area (TPSA) is 57.7 Å². The van der Waals surface area contributed by atoms with Gasteiger partial charge in [-0.25, -0.2) is 14.2 Å². The number of halogens is 1. The minimum absolute atomic E-state index is 0.101. The summed E-state index contributed by atoms with van der Waals surface area (Å²) in [7, 11) is 1.60. The van der Waals surface area contributed by atoms with Gasteiger partial charge >= 0.3 is 6.03 Å². The quantitative estimate of drug-likeness (QED) is 0.661. The highest BCUT2D eigenvalue weighted by molar-refractivity contribution is 7.09. The van der Waals surface area contributed by atoms with E-state index >= 15 is 0 Å². The Hall–Kier alpha value is -2.97. The van der Waals surface area contributed by atoms with Crippen molar-refractivity contribution in [3.05, 3.63) is 64.7 Å². The Balaban J connectivity index is 1.28. The van der Waals surface area contributed by atoms with Gasteiger partial charge in [0.1, 0.15) is 16.6 Å². The molecule has 156 valence electrons. The van der Waals surface area contributed by atoms with E-state index in [0.717, 1.165) is 41.6 Å². The van der Waals surface area contributed by atoms with Crippen LogP contribution in [0.1, 0.15) is 5.01 Å². The van der Waals surface area contributed by atoms with E-state index in [9.17, 15) is 9.18 Å². The molecule has 6 nitrogen and oxygen atoms in total. The molecular weight excluding hydrogens is 403 g/mol. The zero-order chi connectivity index (χ0) is 20.9. The molecule has 1 N–H and O–H groups in total. The predicted molar refractivity (Wildman–Crippen MR) is 116 cm³/mol. The Labute approximate surface area is 178 Å². The number of piperazine rings is 1. The summed E-state index contributed by atoms with van der Waals surface area (Å²) in [5, 5.41) is 5.95. The number of methoxy groups -OCH3 is 1. The van der Waals surface area contributed by atoms with Crippen LogP contribution in [-0.2, 0) is 6.54 Å². The second kappa shape index (κ2) is 9.23. The molecule has 2 heterocycles. The minimum atomic E-state index is -0.248. The molecule has 1 saturated heterocycles. The van der Waals surface area contributed by atoms with E-state index in [4.69, 9.17) is 4.74 Å². The van der Waals surface area contributed by atoms with Gasteiger partial charge in [0.25, 0.3) is 0 Å². The van der Waals surface area contributed by atoms with Gasteiger partial charge in [0.05, 0.1) is 19.3 Å². The van der Waals surface area contributed by atoms with Crippen LogP contribution in [0, 0.1) is 5.82 Å². The zero-order valence-corrected chi connectivity index (χ0v) is 17.5. The molecule has 0 atom stereocenters. The lowest BCUT2D eigenvalue weighted by Gasteiger charge is -2.34. The molecule has 1 aliphatic heterocycles. The van der Waals surface area contributed by atoms with Crippen molar-refractivity contribution in [3.8, 4) is 17.0 Å². The van der Waals surface area contributed by atoms with E-state index in [1.807, 2.05) is 28.5 Å². The van der Waals surface area contributed by atoms with Crippen molar-refractivity contribution in [3.63, 3.8) is 0 Å². The predicted octanol–water partition coefficient (Wildman–Crippen LogP) is 4.31. The number of hydrogen-bond acceptors (Lipinski definition) is 5. The van der Waals surface area contributed by atoms with Crippen molar-refractivity contribution in [2.75, 3.05) is 38.6 Å². The number of rotatable bonds is 5. The maximum atomic E-state index is 13.1. The fourth-order valence-electron chi connectivity index (χ4n) is 3.34. The Morgan fingerprint density at radius 1 is 1.17 bits per heavy atom. The summed E-state index contributed by atoms with van der Waals surface area (Å²) >= 11 is 1.60. The van der Waals surface area contributed by atoms with Crippen LogP contribution in [0.15, 0.2) is 53.9 Å². The normalized spacial score (nSPS) is 14.5. The SMILES string of the molecule is COc1cccc(NC(=O)N2CCN(Cc3nc(-c4ccc(F)cc4)cs3)CC2)c1. The summed E-state index contributed by atoms with van der Waals surface area (Å²) in [6, 6.07) is 13.6. The molecule has 0 spiro atoms. The van der Waals surface area contributed by atoms with Gasteiger partial charge in [-0.2, -0.15) is 0 Å². The minimum Gasteiger partial charge on any atom is -0.497 e. The van der Waals surface area contributed by atoms with Crippen LogP contribution in [0.4, 0.5) is 14.9 Å². The Kier molecular flexibility index (Phi) is 6.25. The summed E-state index contributed by atoms with van der Waals surface area (Å²) in [4.78, 5) is 21.3. The number of amides is 2. The van der Waals surface area contributed by atoms with Crippen molar-refractivity contribution >= 4 is 23.1 Å². The number of urea groups is 1. The number of nitrogens with zero attached hydrogens (tertiary/aromatic N) is 3. The van der Waals surface area contributed by atoms with Gasteiger partial charge in [0, 0.05) is 48.9 Å². The second-order valence-corrected chi connectivity index (χ2v) is 8.00. The Bertz CT molecular complexity index is 1000. The number of ether oxygens (including phenoxy) is 1. The molecule has 2 aromatic carbocycles. The lowest BCUT2D eigenvalue weighted by molar-refractivity contribution is 0.143. The van der Waals surface area contributed by atoms with Gasteiger partial charge in [-0.1, -0.05) is 6.07 Å². The third-order valence-corrected chi connectivity index (χ3v) is 5.86. The van der Waals surface area contributed by atoms with E-state index in [1.54, 1.807) is 36.6 Å². The number of nitrogens with one attached hydrogen (secondary N) is 1. The highest BCUT2D eigenvalue weighted by Crippen LogP contribution is 2.23. The van der Waals surface area contributed by atoms with Crippen molar-refractivity contribution < 1.29 is 13.9 Å². The maximum absolute atomic E-state index is 13.1. The standard InChI is InChI=1S/C22H23FN4O2S/c1-29-19-4-2-3-18(13-19)24-22(28)27-11-9-26(10-12-27)14-21-25-20(15-30-21)16-5-7-17(23)8-6-16/h2-8,13,15H,9-12,14H2,1H3,(H,24,28). The lowest BCUT2D eigenvalue weighted by atomic mass is 10.2. The number of hydrogen-bond donors (Lipinski definition) is 1. The molecule has 0 saturated carbocycles. The van der Waals surface area contributed by atoms with Crippen molar-refractivity contribution in [2.45, 2.75) is 6.54 Å². The third kappa shape index (κ3) is 4.95. The number of carbonyl (C=O) groups is 1. The van der Waals surface area contributed by atoms with E-state index in [-0.39, 0.29) is 11.8 Å². The largest absolute Gasteiger partial charge is 0.497 e. The molecule has 3 aromatic rings. The van der Waals surface area contributed by atoms with Gasteiger partial charge in [-0.05, 0) is 36.4 Å². The molecule has 1 aliphatic rings. The maximum Gasteiger partial charge on any atom is 0.321 e. The molecule has 2 amide bonds. The molecule has 0 radical (unpaired) electrons. The molecule has 4 rings (SSSR count). The van der Waals surface area contributed by atoms with Crippen LogP contribution >= 0.6 is 11.3 Å². The van der Waals surface area contributed by atoms with E-state index in [0.29, 0.717) is 18.8 Å². The second-order valence-electron chi connectivity index (χ2n) is 7.06. The smallest absolute Gasteiger partial charge is 0.321 e. The highest BCUT2D eigenvalue weighted by atomic mass is 32.1. The van der Waals surface area contributed by atoms with Crippen LogP contribution in [0.25, 0.3) is 11.3 Å². The monoisotopic (exact) mass is 426 g/mol. The summed E-state index contributed by atoms with van der Waals surface area (Å²) in [6.07, 6.45) is 0. The van der Waals surface area contributed by atoms with Crippen molar-refractivity contribution in [2.24, 2.45) is 0 Å². The van der Waals surface area contributed by atoms with E-state index in [2.05, 4.69) is 15.2 Å². The molecule has 0 aliphatic carbocycles. The van der Waals surface area contributed by atoms with E-state index < -0.39 is 0 Å². The Morgan fingerprint density at radius 3 is 2.67 bits per heavy atom. The van der Waals surface area contributed by atoms with Crippen LogP contribution in [0.2, 0.25) is 0 Å². The molecule has 1 aromatic heterocycles. The first kappa shape index (κ1) is 20.3. The number of anilines is 1. The van der Waals surface area contributed by atoms with Gasteiger partial charge in [0.15, 0.2) is 0 Å². The fourth-order valence-corrected chi connectivity index (χ4v) is 4.19. The first-order valence-corrected chi connectivity index (χ1v) is 10.6. The lowest BCUT2D eigenvalue weighted by Crippen LogP contribution is -2.49. The van der Waals surface area contributed by atoms with Crippen molar-refractivity contribution in [1.29, 1.82) is 0 Å². The average Bonchev–Trinajstić information content (AvgIpc) is 3.23. The number of aromatic nitrogens is 1. The van der Waals surface area contributed by atoms with Crippen LogP contribution in [0.3, 0.4) is 0 Å². The first-order chi connectivity index (χ1) is 14.6. The van der Waals surface area contributed by atoms with Gasteiger partial charge in [-0.15, -0.1) is 11.3 Å². The molecule has 0 unspecified atom stereocenters. The molecule has 1 fully saturated rings. The highest BCUT2D eigenvalue weighted by Gasteiger charge is 2.22. The van der Waals surface area contributed by atoms with Crippen molar-refractivity contribution in [1.82, 2.24) is 14.8 Å². The number of thiazole rings is 1. The molecular formula is C22H23FN4O2S. The van der Waals surface area contributed by atoms with Crippen LogP contribution in [0.5, 0.6) is 5.75 Å². The summed E-state index contributed by atoms with van der Waals surface area (Å²) in [5.41, 5.74) is 2.50. The van der Waals surface area contributed by atoms with Gasteiger partial charge < -0.3 is 15.0 Å². The average molecular weight is 427 g/mol.